The van der Waals surface area contributed by atoms with E-state index in [1.807, 2.05) is 71.6 Å². The summed E-state index contributed by atoms with van der Waals surface area (Å²) >= 11 is 1.19. The number of amides is 2. The highest BCUT2D eigenvalue weighted by atomic mass is 32.2. The Labute approximate surface area is 282 Å². The van der Waals surface area contributed by atoms with E-state index in [1.54, 1.807) is 16.7 Å². The smallest absolute Gasteiger partial charge is 0.262 e. The molecule has 244 valence electrons. The summed E-state index contributed by atoms with van der Waals surface area (Å²) in [5.41, 5.74) is 4.69. The third kappa shape index (κ3) is 6.72. The van der Waals surface area contributed by atoms with Gasteiger partial charge in [0, 0.05) is 49.2 Å². The molecule has 1 aromatic heterocycles. The van der Waals surface area contributed by atoms with Crippen LogP contribution in [-0.4, -0.2) is 65.0 Å². The first kappa shape index (κ1) is 31.3. The molecule has 3 heterocycles. The lowest BCUT2D eigenvalue weighted by atomic mass is 10.1. The minimum absolute atomic E-state index is 0.0125. The molecule has 1 saturated heterocycles. The second-order valence-electron chi connectivity index (χ2n) is 11.7. The predicted octanol–water partition coefficient (Wildman–Crippen LogP) is 5.43. The molecule has 2 aliphatic heterocycles. The van der Waals surface area contributed by atoms with Crippen molar-refractivity contribution in [1.29, 1.82) is 0 Å². The molecule has 0 radical (unpaired) electrons. The number of carbonyl (C=O) groups is 2. The van der Waals surface area contributed by atoms with Gasteiger partial charge in [0.25, 0.3) is 11.5 Å². The van der Waals surface area contributed by atoms with Crippen molar-refractivity contribution in [2.45, 2.75) is 25.0 Å². The van der Waals surface area contributed by atoms with Gasteiger partial charge in [-0.3, -0.25) is 19.0 Å². The number of hydrogen-bond acceptors (Lipinski definition) is 8. The number of piperazine rings is 1. The van der Waals surface area contributed by atoms with E-state index >= 15 is 0 Å². The summed E-state index contributed by atoms with van der Waals surface area (Å²) in [5.74, 6) is 0.861. The number of anilines is 2. The standard InChI is InChI=1S/C37H35N5O5S/c1-2-25-10-14-28(15-11-25)38-34(43)23-48-37-39-31-21-33-32(46-24-47-33)20-30(31)36(45)42(37)22-26-8-12-27(13-9-26)35(44)41-18-16-40(17-19-41)29-6-4-3-5-7-29/h3-15,20-21H,2,16-19,22-24H2,1H3,(H,38,43). The van der Waals surface area contributed by atoms with Crippen LogP contribution in [0.5, 0.6) is 11.5 Å². The molecule has 48 heavy (non-hydrogen) atoms. The second kappa shape index (κ2) is 13.8. The highest BCUT2D eigenvalue weighted by Gasteiger charge is 2.23. The molecule has 2 amide bonds. The van der Waals surface area contributed by atoms with Crippen LogP contribution in [0.3, 0.4) is 0 Å². The summed E-state index contributed by atoms with van der Waals surface area (Å²) < 4.78 is 12.6. The zero-order valence-corrected chi connectivity index (χ0v) is 27.4. The average Bonchev–Trinajstić information content (AvgIpc) is 3.60. The molecular weight excluding hydrogens is 627 g/mol. The molecule has 7 rings (SSSR count). The van der Waals surface area contributed by atoms with Gasteiger partial charge in [0.2, 0.25) is 12.7 Å². The SMILES string of the molecule is CCc1ccc(NC(=O)CSc2nc3cc4c(cc3c(=O)n2Cc2ccc(C(=O)N3CCN(c5ccccc5)CC3)cc2)OCO4)cc1. The molecule has 5 aromatic rings. The van der Waals surface area contributed by atoms with Crippen LogP contribution in [0.15, 0.2) is 101 Å². The third-order valence-electron chi connectivity index (χ3n) is 8.62. The van der Waals surface area contributed by atoms with E-state index in [0.717, 1.165) is 30.8 Å². The lowest BCUT2D eigenvalue weighted by molar-refractivity contribution is -0.113. The van der Waals surface area contributed by atoms with Gasteiger partial charge in [-0.2, -0.15) is 0 Å². The minimum atomic E-state index is -0.257. The summed E-state index contributed by atoms with van der Waals surface area (Å²) in [7, 11) is 0. The molecule has 0 aliphatic carbocycles. The van der Waals surface area contributed by atoms with Crippen molar-refractivity contribution >= 4 is 45.9 Å². The predicted molar refractivity (Wildman–Crippen MR) is 187 cm³/mol. The second-order valence-corrected chi connectivity index (χ2v) is 12.6. The van der Waals surface area contributed by atoms with E-state index in [0.29, 0.717) is 51.9 Å². The molecular formula is C37H35N5O5S. The molecule has 1 N–H and O–H groups in total. The van der Waals surface area contributed by atoms with Crippen LogP contribution >= 0.6 is 11.8 Å². The molecule has 0 unspecified atom stereocenters. The largest absolute Gasteiger partial charge is 0.454 e. The lowest BCUT2D eigenvalue weighted by Crippen LogP contribution is -2.48. The Balaban J connectivity index is 1.08. The number of aryl methyl sites for hydroxylation is 1. The maximum absolute atomic E-state index is 13.9. The van der Waals surface area contributed by atoms with Crippen molar-refractivity contribution < 1.29 is 19.1 Å². The van der Waals surface area contributed by atoms with E-state index < -0.39 is 0 Å². The number of nitrogens with zero attached hydrogens (tertiary/aromatic N) is 4. The fourth-order valence-corrected chi connectivity index (χ4v) is 6.71. The van der Waals surface area contributed by atoms with Crippen molar-refractivity contribution in [2.75, 3.05) is 48.9 Å². The number of rotatable bonds is 9. The summed E-state index contributed by atoms with van der Waals surface area (Å²) in [5, 5.41) is 3.72. The fraction of sp³-hybridized carbons (Fsp3) is 0.243. The summed E-state index contributed by atoms with van der Waals surface area (Å²) in [6, 6.07) is 28.7. The molecule has 0 spiro atoms. The van der Waals surface area contributed by atoms with Gasteiger partial charge in [-0.25, -0.2) is 4.98 Å². The number of benzene rings is 4. The average molecular weight is 662 g/mol. The molecule has 11 heteroatoms. The number of thioether (sulfide) groups is 1. The third-order valence-corrected chi connectivity index (χ3v) is 9.60. The zero-order chi connectivity index (χ0) is 33.0. The van der Waals surface area contributed by atoms with Gasteiger partial charge in [0.1, 0.15) is 0 Å². The van der Waals surface area contributed by atoms with Gasteiger partial charge in [-0.05, 0) is 60.0 Å². The number of para-hydroxylation sites is 1. The molecule has 10 nitrogen and oxygen atoms in total. The van der Waals surface area contributed by atoms with E-state index in [-0.39, 0.29) is 36.5 Å². The normalized spacial score (nSPS) is 13.9. The monoisotopic (exact) mass is 661 g/mol. The van der Waals surface area contributed by atoms with Gasteiger partial charge in [-0.15, -0.1) is 0 Å². The number of carbonyl (C=O) groups excluding carboxylic acids is 2. The van der Waals surface area contributed by atoms with Gasteiger partial charge in [-0.1, -0.05) is 61.2 Å². The fourth-order valence-electron chi connectivity index (χ4n) is 5.92. The van der Waals surface area contributed by atoms with Crippen LogP contribution in [0.2, 0.25) is 0 Å². The van der Waals surface area contributed by atoms with E-state index in [2.05, 4.69) is 29.3 Å². The Morgan fingerprint density at radius 1 is 0.854 bits per heavy atom. The van der Waals surface area contributed by atoms with Crippen LogP contribution in [0.1, 0.15) is 28.4 Å². The number of nitrogens with one attached hydrogen (secondary N) is 1. The van der Waals surface area contributed by atoms with Crippen molar-refractivity contribution in [2.24, 2.45) is 0 Å². The summed E-state index contributed by atoms with van der Waals surface area (Å²) in [6.07, 6.45) is 0.918. The Kier molecular flexibility index (Phi) is 9.02. The van der Waals surface area contributed by atoms with E-state index in [9.17, 15) is 14.4 Å². The highest BCUT2D eigenvalue weighted by Crippen LogP contribution is 2.35. The van der Waals surface area contributed by atoms with Gasteiger partial charge in [0.05, 0.1) is 23.2 Å². The van der Waals surface area contributed by atoms with Crippen molar-refractivity contribution in [3.05, 3.63) is 118 Å². The van der Waals surface area contributed by atoms with Gasteiger partial charge in [0.15, 0.2) is 16.7 Å². The number of aromatic nitrogens is 2. The Morgan fingerprint density at radius 2 is 1.54 bits per heavy atom. The van der Waals surface area contributed by atoms with Crippen LogP contribution in [0, 0.1) is 0 Å². The Morgan fingerprint density at radius 3 is 2.25 bits per heavy atom. The molecule has 4 aromatic carbocycles. The van der Waals surface area contributed by atoms with Crippen molar-refractivity contribution in [3.63, 3.8) is 0 Å². The molecule has 1 fully saturated rings. The quantitative estimate of drug-likeness (QED) is 0.165. The molecule has 0 bridgehead atoms. The first-order chi connectivity index (χ1) is 23.4. The first-order valence-electron chi connectivity index (χ1n) is 16.0. The van der Waals surface area contributed by atoms with Gasteiger partial charge < -0.3 is 24.6 Å². The first-order valence-corrected chi connectivity index (χ1v) is 17.0. The minimum Gasteiger partial charge on any atom is -0.454 e. The van der Waals surface area contributed by atoms with E-state index in [1.165, 1.54) is 17.3 Å². The molecule has 0 atom stereocenters. The van der Waals surface area contributed by atoms with Crippen LogP contribution in [0.4, 0.5) is 11.4 Å². The number of hydrogen-bond donors (Lipinski definition) is 1. The van der Waals surface area contributed by atoms with Crippen LogP contribution in [-0.2, 0) is 17.8 Å². The Hall–Kier alpha value is -5.29. The van der Waals surface area contributed by atoms with Crippen LogP contribution < -0.4 is 25.2 Å². The van der Waals surface area contributed by atoms with Crippen LogP contribution in [0.25, 0.3) is 10.9 Å². The summed E-state index contributed by atoms with van der Waals surface area (Å²) in [4.78, 5) is 49.1. The number of fused-ring (bicyclic) bond motifs is 2. The Bertz CT molecular complexity index is 2010. The number of ether oxygens (including phenoxy) is 2. The van der Waals surface area contributed by atoms with Gasteiger partial charge >= 0.3 is 0 Å². The summed E-state index contributed by atoms with van der Waals surface area (Å²) in [6.45, 7) is 5.20. The highest BCUT2D eigenvalue weighted by molar-refractivity contribution is 7.99. The van der Waals surface area contributed by atoms with E-state index in [4.69, 9.17) is 14.5 Å². The molecule has 2 aliphatic rings. The van der Waals surface area contributed by atoms with Crippen molar-refractivity contribution in [1.82, 2.24) is 14.5 Å². The topological polar surface area (TPSA) is 106 Å². The lowest BCUT2D eigenvalue weighted by Gasteiger charge is -2.36. The zero-order valence-electron chi connectivity index (χ0n) is 26.6. The molecule has 0 saturated carbocycles. The van der Waals surface area contributed by atoms with Crippen molar-refractivity contribution in [3.8, 4) is 11.5 Å². The maximum Gasteiger partial charge on any atom is 0.262 e. The maximum atomic E-state index is 13.9.